The van der Waals surface area contributed by atoms with Crippen LogP contribution < -0.4 is 0 Å². The van der Waals surface area contributed by atoms with E-state index in [9.17, 15) is 30.0 Å². The molecule has 6 atom stereocenters. The fourth-order valence-electron chi connectivity index (χ4n) is 6.96. The number of carbonyl (C=O) groups excluding carboxylic acids is 2. The quantitative estimate of drug-likeness (QED) is 0.0293. The minimum Gasteiger partial charge on any atom is -0.463 e. The maximum atomic E-state index is 12.1. The highest BCUT2D eigenvalue weighted by Crippen LogP contribution is 2.36. The Labute approximate surface area is 311 Å². The van der Waals surface area contributed by atoms with E-state index in [1.807, 2.05) is 18.2 Å². The number of aliphatic hydroxyl groups is 4. The lowest BCUT2D eigenvalue weighted by atomic mass is 9.89. The molecular weight excluding hydrogens is 644 g/mol. The summed E-state index contributed by atoms with van der Waals surface area (Å²) in [6.07, 6.45) is 33.3. The molecule has 0 heterocycles. The van der Waals surface area contributed by atoms with Gasteiger partial charge in [-0.2, -0.15) is 0 Å². The SMILES string of the molecule is CCCCCCCCCCCCCCCCCCCC(=O)OC[C@H](O)COC(=O)CCC/C=C/C[C@@H]1[C@@H](/C=C/[C@@H](O)CCCCC)[C@H](O)C[C@@H]1O. The lowest BCUT2D eigenvalue weighted by molar-refractivity contribution is -0.152. The van der Waals surface area contributed by atoms with Gasteiger partial charge in [0.2, 0.25) is 0 Å². The Hall–Kier alpha value is -1.74. The minimum absolute atomic E-state index is 0.116. The van der Waals surface area contributed by atoms with Crippen LogP contribution in [0.4, 0.5) is 0 Å². The Bertz CT molecular complexity index is 889. The molecule has 8 nitrogen and oxygen atoms in total. The Kier molecular flexibility index (Phi) is 30.5. The van der Waals surface area contributed by atoms with Gasteiger partial charge in [0.25, 0.3) is 0 Å². The van der Waals surface area contributed by atoms with Crippen molar-refractivity contribution in [3.05, 3.63) is 24.3 Å². The van der Waals surface area contributed by atoms with E-state index >= 15 is 0 Å². The average Bonchev–Trinajstić information content (AvgIpc) is 3.39. The summed E-state index contributed by atoms with van der Waals surface area (Å²) in [5.74, 6) is -1.05. The molecule has 0 radical (unpaired) electrons. The Balaban J connectivity index is 2.00. The molecule has 298 valence electrons. The van der Waals surface area contributed by atoms with E-state index in [0.29, 0.717) is 38.5 Å². The van der Waals surface area contributed by atoms with Crippen LogP contribution in [0.15, 0.2) is 24.3 Å². The maximum Gasteiger partial charge on any atom is 0.305 e. The van der Waals surface area contributed by atoms with E-state index in [0.717, 1.165) is 38.5 Å². The molecule has 0 spiro atoms. The monoisotopic (exact) mass is 723 g/mol. The summed E-state index contributed by atoms with van der Waals surface area (Å²) in [5, 5.41) is 41.1. The van der Waals surface area contributed by atoms with Gasteiger partial charge in [-0.3, -0.25) is 9.59 Å². The molecule has 1 aliphatic rings. The van der Waals surface area contributed by atoms with Gasteiger partial charge < -0.3 is 29.9 Å². The lowest BCUT2D eigenvalue weighted by Crippen LogP contribution is -2.25. The van der Waals surface area contributed by atoms with E-state index in [2.05, 4.69) is 13.8 Å². The van der Waals surface area contributed by atoms with Crippen molar-refractivity contribution in [3.8, 4) is 0 Å². The maximum absolute atomic E-state index is 12.1. The van der Waals surface area contributed by atoms with Crippen LogP contribution in [0.25, 0.3) is 0 Å². The molecule has 51 heavy (non-hydrogen) atoms. The Morgan fingerprint density at radius 2 is 1.10 bits per heavy atom. The highest BCUT2D eigenvalue weighted by atomic mass is 16.6. The first-order valence-electron chi connectivity index (χ1n) is 21.1. The summed E-state index contributed by atoms with van der Waals surface area (Å²) in [5.41, 5.74) is 0. The number of unbranched alkanes of at least 4 members (excludes halogenated alkanes) is 19. The summed E-state index contributed by atoms with van der Waals surface area (Å²) in [7, 11) is 0. The summed E-state index contributed by atoms with van der Waals surface area (Å²) < 4.78 is 10.3. The Morgan fingerprint density at radius 3 is 1.63 bits per heavy atom. The zero-order chi connectivity index (χ0) is 37.4. The van der Waals surface area contributed by atoms with Gasteiger partial charge in [-0.25, -0.2) is 0 Å². The second-order valence-corrected chi connectivity index (χ2v) is 15.1. The molecule has 1 saturated carbocycles. The zero-order valence-electron chi connectivity index (χ0n) is 32.7. The zero-order valence-corrected chi connectivity index (χ0v) is 32.7. The van der Waals surface area contributed by atoms with Gasteiger partial charge in [-0.15, -0.1) is 0 Å². The molecule has 0 aromatic carbocycles. The van der Waals surface area contributed by atoms with Crippen molar-refractivity contribution in [1.29, 1.82) is 0 Å². The molecule has 8 heteroatoms. The smallest absolute Gasteiger partial charge is 0.305 e. The number of esters is 2. The number of carbonyl (C=O) groups is 2. The third kappa shape index (κ3) is 26.6. The van der Waals surface area contributed by atoms with Crippen LogP contribution in [-0.2, 0) is 19.1 Å². The largest absolute Gasteiger partial charge is 0.463 e. The van der Waals surface area contributed by atoms with Crippen LogP contribution in [0.2, 0.25) is 0 Å². The van der Waals surface area contributed by atoms with Gasteiger partial charge in [-0.1, -0.05) is 160 Å². The van der Waals surface area contributed by atoms with Gasteiger partial charge in [0.05, 0.1) is 18.3 Å². The topological polar surface area (TPSA) is 134 Å². The molecule has 1 rings (SSSR count). The molecule has 0 unspecified atom stereocenters. The molecule has 0 bridgehead atoms. The summed E-state index contributed by atoms with van der Waals surface area (Å²) in [4.78, 5) is 24.1. The Morgan fingerprint density at radius 1 is 0.627 bits per heavy atom. The summed E-state index contributed by atoms with van der Waals surface area (Å²) in [6, 6.07) is 0. The van der Waals surface area contributed by atoms with Crippen molar-refractivity contribution < 1.29 is 39.5 Å². The van der Waals surface area contributed by atoms with Crippen LogP contribution in [0.1, 0.15) is 187 Å². The van der Waals surface area contributed by atoms with Crippen molar-refractivity contribution in [1.82, 2.24) is 0 Å². The lowest BCUT2D eigenvalue weighted by Gasteiger charge is -2.19. The molecule has 0 aromatic rings. The second-order valence-electron chi connectivity index (χ2n) is 15.1. The van der Waals surface area contributed by atoms with Crippen LogP contribution in [0, 0.1) is 11.8 Å². The first-order chi connectivity index (χ1) is 24.8. The van der Waals surface area contributed by atoms with Crippen molar-refractivity contribution in [2.45, 2.75) is 212 Å². The molecule has 1 aliphatic carbocycles. The van der Waals surface area contributed by atoms with E-state index in [-0.39, 0.29) is 37.4 Å². The van der Waals surface area contributed by atoms with Crippen molar-refractivity contribution >= 4 is 11.9 Å². The van der Waals surface area contributed by atoms with Gasteiger partial charge in [0.15, 0.2) is 0 Å². The molecule has 0 amide bonds. The van der Waals surface area contributed by atoms with Gasteiger partial charge in [-0.05, 0) is 38.0 Å². The van der Waals surface area contributed by atoms with Crippen LogP contribution in [0.5, 0.6) is 0 Å². The molecule has 0 aliphatic heterocycles. The fourth-order valence-corrected chi connectivity index (χ4v) is 6.96. The van der Waals surface area contributed by atoms with Crippen LogP contribution >= 0.6 is 0 Å². The van der Waals surface area contributed by atoms with Gasteiger partial charge in [0, 0.05) is 25.2 Å². The summed E-state index contributed by atoms with van der Waals surface area (Å²) in [6.45, 7) is 4.01. The van der Waals surface area contributed by atoms with Crippen LogP contribution in [0.3, 0.4) is 0 Å². The third-order valence-electron chi connectivity index (χ3n) is 10.3. The molecule has 1 fully saturated rings. The van der Waals surface area contributed by atoms with Gasteiger partial charge >= 0.3 is 11.9 Å². The van der Waals surface area contributed by atoms with Gasteiger partial charge in [0.1, 0.15) is 19.3 Å². The number of aliphatic hydroxyl groups excluding tert-OH is 4. The fraction of sp³-hybridized carbons (Fsp3) is 0.860. The van der Waals surface area contributed by atoms with Crippen molar-refractivity contribution in [2.75, 3.05) is 13.2 Å². The standard InChI is InChI=1S/C43H78O8/c1-3-5-7-8-9-10-11-12-13-14-15-16-17-18-19-20-25-29-42(48)50-34-37(45)35-51-43(49)30-26-22-21-24-28-38-39(41(47)33-40(38)46)32-31-36(44)27-23-6-4-2/h21,24,31-32,36-41,44-47H,3-20,22-23,25-30,33-35H2,1-2H3/b24-21+,32-31+/t36-,37-,38+,39+,40-,41+/m0/s1. The summed E-state index contributed by atoms with van der Waals surface area (Å²) >= 11 is 0. The number of allylic oxidation sites excluding steroid dienone is 2. The molecular formula is C43H78O8. The first-order valence-corrected chi connectivity index (χ1v) is 21.1. The predicted molar refractivity (Wildman–Crippen MR) is 207 cm³/mol. The second kappa shape index (κ2) is 32.9. The predicted octanol–water partition coefficient (Wildman–Crippen LogP) is 9.45. The molecule has 4 N–H and O–H groups in total. The first kappa shape index (κ1) is 47.3. The number of hydrogen-bond donors (Lipinski definition) is 4. The van der Waals surface area contributed by atoms with E-state index in [1.54, 1.807) is 6.08 Å². The average molecular weight is 723 g/mol. The number of rotatable bonds is 34. The van der Waals surface area contributed by atoms with E-state index in [1.165, 1.54) is 89.9 Å². The highest BCUT2D eigenvalue weighted by molar-refractivity contribution is 5.69. The van der Waals surface area contributed by atoms with Crippen LogP contribution in [-0.4, -0.2) is 70.0 Å². The van der Waals surface area contributed by atoms with Crippen molar-refractivity contribution in [3.63, 3.8) is 0 Å². The van der Waals surface area contributed by atoms with Crippen molar-refractivity contribution in [2.24, 2.45) is 11.8 Å². The third-order valence-corrected chi connectivity index (χ3v) is 10.3. The number of hydrogen-bond acceptors (Lipinski definition) is 8. The van der Waals surface area contributed by atoms with E-state index < -0.39 is 30.4 Å². The molecule has 0 saturated heterocycles. The van der Waals surface area contributed by atoms with E-state index in [4.69, 9.17) is 9.47 Å². The highest BCUT2D eigenvalue weighted by Gasteiger charge is 2.39. The normalized spacial score (nSPS) is 20.4. The number of ether oxygens (including phenoxy) is 2. The minimum atomic E-state index is -1.04. The molecule has 0 aromatic heterocycles.